The Bertz CT molecular complexity index is 1670. The van der Waals surface area contributed by atoms with Crippen LogP contribution in [-0.2, 0) is 11.8 Å². The maximum Gasteiger partial charge on any atom is 0.136 e. The van der Waals surface area contributed by atoms with Gasteiger partial charge in [-0.3, -0.25) is 0 Å². The summed E-state index contributed by atoms with van der Waals surface area (Å²) in [6.07, 6.45) is 6.23. The minimum atomic E-state index is 0.123. The van der Waals surface area contributed by atoms with Crippen LogP contribution in [0.15, 0.2) is 69.5 Å². The van der Waals surface area contributed by atoms with Crippen molar-refractivity contribution in [3.05, 3.63) is 71.8 Å². The number of unbranched alkanes of at least 4 members (excludes halogenated alkanes) is 3. The van der Waals surface area contributed by atoms with Gasteiger partial charge in [0.2, 0.25) is 0 Å². The van der Waals surface area contributed by atoms with Gasteiger partial charge >= 0.3 is 0 Å². The lowest BCUT2D eigenvalue weighted by Gasteiger charge is -2.19. The molecule has 6 aromatic rings. The molecule has 2 aromatic heterocycles. The van der Waals surface area contributed by atoms with Crippen LogP contribution in [0.2, 0.25) is 0 Å². The Labute approximate surface area is 200 Å². The lowest BCUT2D eigenvalue weighted by atomic mass is 9.86. The molecule has 34 heavy (non-hydrogen) atoms. The van der Waals surface area contributed by atoms with Crippen molar-refractivity contribution in [1.82, 2.24) is 0 Å². The minimum Gasteiger partial charge on any atom is -0.456 e. The fourth-order valence-electron chi connectivity index (χ4n) is 5.21. The van der Waals surface area contributed by atoms with Crippen LogP contribution < -0.4 is 0 Å². The smallest absolute Gasteiger partial charge is 0.136 e. The standard InChI is InChI=1S/C32H32O2/c1-5-6-7-8-9-20-10-13-24-26-18-31-27(19-30(26)33-28(24)14-20)25-16-21-11-12-23(32(2,3)4)15-22(21)17-29(25)34-31/h10-19H,5-9H2,1-4H3. The third-order valence-corrected chi connectivity index (χ3v) is 7.27. The normalized spacial score (nSPS) is 12.7. The van der Waals surface area contributed by atoms with Crippen LogP contribution in [0.25, 0.3) is 54.6 Å². The van der Waals surface area contributed by atoms with Crippen molar-refractivity contribution >= 4 is 54.6 Å². The van der Waals surface area contributed by atoms with Crippen molar-refractivity contribution in [2.45, 2.75) is 65.2 Å². The number of hydrogen-bond acceptors (Lipinski definition) is 2. The lowest BCUT2D eigenvalue weighted by Crippen LogP contribution is -2.10. The summed E-state index contributed by atoms with van der Waals surface area (Å²) in [5.41, 5.74) is 6.57. The molecule has 4 aromatic carbocycles. The number of benzene rings is 4. The van der Waals surface area contributed by atoms with Crippen LogP contribution in [0.1, 0.15) is 64.5 Å². The van der Waals surface area contributed by atoms with E-state index >= 15 is 0 Å². The van der Waals surface area contributed by atoms with Gasteiger partial charge in [0.25, 0.3) is 0 Å². The van der Waals surface area contributed by atoms with Gasteiger partial charge in [-0.05, 0) is 70.5 Å². The highest BCUT2D eigenvalue weighted by atomic mass is 16.3. The van der Waals surface area contributed by atoms with Crippen LogP contribution in [0.3, 0.4) is 0 Å². The first-order chi connectivity index (χ1) is 16.4. The molecule has 0 amide bonds. The van der Waals surface area contributed by atoms with Gasteiger partial charge in [0.1, 0.15) is 22.3 Å². The van der Waals surface area contributed by atoms with Crippen LogP contribution in [-0.4, -0.2) is 0 Å². The van der Waals surface area contributed by atoms with Crippen molar-refractivity contribution in [2.24, 2.45) is 0 Å². The summed E-state index contributed by atoms with van der Waals surface area (Å²) >= 11 is 0. The van der Waals surface area contributed by atoms with E-state index in [1.165, 1.54) is 47.6 Å². The van der Waals surface area contributed by atoms with Crippen molar-refractivity contribution in [1.29, 1.82) is 0 Å². The molecule has 0 saturated heterocycles. The first-order valence-corrected chi connectivity index (χ1v) is 12.7. The molecule has 0 spiro atoms. The second kappa shape index (κ2) is 7.91. The van der Waals surface area contributed by atoms with E-state index in [-0.39, 0.29) is 5.41 Å². The predicted octanol–water partition coefficient (Wildman–Crippen LogP) is 10.1. The van der Waals surface area contributed by atoms with E-state index in [0.717, 1.165) is 50.3 Å². The highest BCUT2D eigenvalue weighted by molar-refractivity contribution is 6.16. The van der Waals surface area contributed by atoms with Crippen LogP contribution >= 0.6 is 0 Å². The van der Waals surface area contributed by atoms with E-state index in [0.29, 0.717) is 0 Å². The zero-order chi connectivity index (χ0) is 23.4. The summed E-state index contributed by atoms with van der Waals surface area (Å²) in [6, 6.07) is 22.2. The molecule has 2 heterocycles. The molecular formula is C32H32O2. The van der Waals surface area contributed by atoms with Crippen LogP contribution in [0.4, 0.5) is 0 Å². The Hall–Kier alpha value is -3.26. The zero-order valence-corrected chi connectivity index (χ0v) is 20.6. The maximum absolute atomic E-state index is 6.37. The summed E-state index contributed by atoms with van der Waals surface area (Å²) < 4.78 is 12.7. The summed E-state index contributed by atoms with van der Waals surface area (Å²) in [6.45, 7) is 9.01. The average molecular weight is 449 g/mol. The molecule has 0 bridgehead atoms. The Balaban J connectivity index is 1.45. The predicted molar refractivity (Wildman–Crippen MR) is 145 cm³/mol. The van der Waals surface area contributed by atoms with Gasteiger partial charge < -0.3 is 8.83 Å². The molecular weight excluding hydrogens is 416 g/mol. The van der Waals surface area contributed by atoms with Crippen LogP contribution in [0.5, 0.6) is 0 Å². The minimum absolute atomic E-state index is 0.123. The number of aryl methyl sites for hydroxylation is 1. The van der Waals surface area contributed by atoms with E-state index in [1.807, 2.05) is 0 Å². The molecule has 6 rings (SSSR count). The Morgan fingerprint density at radius 3 is 2.00 bits per heavy atom. The monoisotopic (exact) mass is 448 g/mol. The van der Waals surface area contributed by atoms with Crippen molar-refractivity contribution in [2.75, 3.05) is 0 Å². The highest BCUT2D eigenvalue weighted by Crippen LogP contribution is 2.38. The summed E-state index contributed by atoms with van der Waals surface area (Å²) in [7, 11) is 0. The molecule has 0 N–H and O–H groups in total. The topological polar surface area (TPSA) is 26.3 Å². The molecule has 0 atom stereocenters. The van der Waals surface area contributed by atoms with Gasteiger partial charge in [0.05, 0.1) is 0 Å². The molecule has 0 aliphatic heterocycles. The Kier molecular flexibility index (Phi) is 4.95. The van der Waals surface area contributed by atoms with Crippen LogP contribution in [0, 0.1) is 0 Å². The quantitative estimate of drug-likeness (QED) is 0.245. The molecule has 0 fully saturated rings. The molecule has 0 radical (unpaired) electrons. The Morgan fingerprint density at radius 2 is 1.26 bits per heavy atom. The van der Waals surface area contributed by atoms with Gasteiger partial charge in [-0.25, -0.2) is 0 Å². The van der Waals surface area contributed by atoms with E-state index in [2.05, 4.69) is 88.4 Å². The van der Waals surface area contributed by atoms with Gasteiger partial charge in [-0.15, -0.1) is 0 Å². The highest BCUT2D eigenvalue weighted by Gasteiger charge is 2.17. The van der Waals surface area contributed by atoms with Gasteiger partial charge in [0.15, 0.2) is 0 Å². The molecule has 0 aliphatic carbocycles. The number of hydrogen-bond donors (Lipinski definition) is 0. The van der Waals surface area contributed by atoms with Crippen molar-refractivity contribution < 1.29 is 8.83 Å². The van der Waals surface area contributed by atoms with Crippen molar-refractivity contribution in [3.63, 3.8) is 0 Å². The second-order valence-electron chi connectivity index (χ2n) is 10.9. The number of furan rings is 2. The summed E-state index contributed by atoms with van der Waals surface area (Å²) in [5, 5.41) is 7.00. The van der Waals surface area contributed by atoms with Gasteiger partial charge in [-0.1, -0.05) is 77.3 Å². The lowest BCUT2D eigenvalue weighted by molar-refractivity contribution is 0.591. The van der Waals surface area contributed by atoms with E-state index in [9.17, 15) is 0 Å². The number of rotatable bonds is 5. The fraction of sp³-hybridized carbons (Fsp3) is 0.312. The van der Waals surface area contributed by atoms with Gasteiger partial charge in [0, 0.05) is 21.5 Å². The molecule has 2 heteroatoms. The molecule has 2 nitrogen and oxygen atoms in total. The largest absolute Gasteiger partial charge is 0.456 e. The first kappa shape index (κ1) is 21.3. The maximum atomic E-state index is 6.37. The Morgan fingerprint density at radius 1 is 0.588 bits per heavy atom. The van der Waals surface area contributed by atoms with E-state index < -0.39 is 0 Å². The second-order valence-corrected chi connectivity index (χ2v) is 10.9. The van der Waals surface area contributed by atoms with E-state index in [4.69, 9.17) is 8.83 Å². The summed E-state index contributed by atoms with van der Waals surface area (Å²) in [4.78, 5) is 0. The average Bonchev–Trinajstić information content (AvgIpc) is 3.34. The van der Waals surface area contributed by atoms with Gasteiger partial charge in [-0.2, -0.15) is 0 Å². The molecule has 0 saturated carbocycles. The SMILES string of the molecule is CCCCCCc1ccc2c(c1)oc1cc3c(cc12)oc1cc2cc(C(C)(C)C)ccc2cc13. The zero-order valence-electron chi connectivity index (χ0n) is 20.6. The van der Waals surface area contributed by atoms with E-state index in [1.54, 1.807) is 0 Å². The summed E-state index contributed by atoms with van der Waals surface area (Å²) in [5.74, 6) is 0. The van der Waals surface area contributed by atoms with Crippen molar-refractivity contribution in [3.8, 4) is 0 Å². The third kappa shape index (κ3) is 3.57. The molecule has 0 aliphatic rings. The third-order valence-electron chi connectivity index (χ3n) is 7.27. The molecule has 172 valence electrons. The fourth-order valence-corrected chi connectivity index (χ4v) is 5.21. The molecule has 0 unspecified atom stereocenters. The number of fused-ring (bicyclic) bond motifs is 7. The first-order valence-electron chi connectivity index (χ1n) is 12.7.